The molecule has 7 heavy (non-hydrogen) atoms. The summed E-state index contributed by atoms with van der Waals surface area (Å²) in [4.78, 5) is -0.985. The fraction of sp³-hybridized carbons (Fsp3) is 0.333. The Kier molecular flexibility index (Phi) is 0.802. The molecule has 0 saturated carbocycles. The van der Waals surface area contributed by atoms with E-state index >= 15 is 0 Å². The Morgan fingerprint density at radius 3 is 1.71 bits per heavy atom. The van der Waals surface area contributed by atoms with E-state index in [0.29, 0.717) is 10.7 Å². The van der Waals surface area contributed by atoms with Crippen LogP contribution in [0.1, 0.15) is 0 Å². The Bertz CT molecular complexity index is 124. The molecule has 1 rings (SSSR count). The van der Waals surface area contributed by atoms with Crippen molar-refractivity contribution in [2.45, 2.75) is 5.00 Å². The minimum atomic E-state index is -0.985. The number of nitrogens with two attached hydrogens (primary N) is 2. The maximum Gasteiger partial charge on any atom is 0.170 e. The van der Waals surface area contributed by atoms with Gasteiger partial charge in [0.15, 0.2) is 5.00 Å². The first-order valence-corrected chi connectivity index (χ1v) is 2.46. The first-order valence-electron chi connectivity index (χ1n) is 1.71. The van der Waals surface area contributed by atoms with Gasteiger partial charge in [0.25, 0.3) is 0 Å². The average Bonchev–Trinajstić information content (AvgIpc) is 1.91. The van der Waals surface area contributed by atoms with E-state index in [0.717, 1.165) is 0 Å². The number of halogens is 2. The summed E-state index contributed by atoms with van der Waals surface area (Å²) in [6.45, 7) is 0. The molecule has 0 amide bonds. The molecule has 0 aliphatic heterocycles. The molecule has 0 aromatic heterocycles. The molecule has 4 heteroatoms. The van der Waals surface area contributed by atoms with Crippen LogP contribution in [-0.4, -0.2) is 5.00 Å². The molecule has 1 aliphatic carbocycles. The largest absolute Gasteiger partial charge is 0.398 e. The fourth-order valence-electron chi connectivity index (χ4n) is 0.261. The van der Waals surface area contributed by atoms with Gasteiger partial charge >= 0.3 is 0 Å². The van der Waals surface area contributed by atoms with Gasteiger partial charge in [-0.3, -0.25) is 0 Å². The number of hydrogen-bond donors (Lipinski definition) is 2. The Balaban J connectivity index is 2.69. The molecule has 0 fully saturated rings. The molecule has 1 unspecified atom stereocenters. The first-order chi connectivity index (χ1) is 3.07. The number of rotatable bonds is 0. The average molecular weight is 139 g/mol. The summed E-state index contributed by atoms with van der Waals surface area (Å²) in [5.41, 5.74) is 10.7. The van der Waals surface area contributed by atoms with Gasteiger partial charge in [0.05, 0.1) is 10.7 Å². The van der Waals surface area contributed by atoms with E-state index in [2.05, 4.69) is 0 Å². The predicted molar refractivity (Wildman–Crippen MR) is 29.8 cm³/mol. The maximum atomic E-state index is 5.39. The van der Waals surface area contributed by atoms with Crippen molar-refractivity contribution >= 4 is 23.2 Å². The van der Waals surface area contributed by atoms with Gasteiger partial charge in [0, 0.05) is 0 Å². The van der Waals surface area contributed by atoms with Crippen molar-refractivity contribution in [3.05, 3.63) is 10.7 Å². The summed E-state index contributed by atoms with van der Waals surface area (Å²) in [6, 6.07) is 0. The van der Waals surface area contributed by atoms with Crippen molar-refractivity contribution in [1.82, 2.24) is 0 Å². The van der Waals surface area contributed by atoms with Crippen LogP contribution in [0.15, 0.2) is 10.7 Å². The molecule has 0 bridgehead atoms. The van der Waals surface area contributed by atoms with Crippen LogP contribution in [0.5, 0.6) is 0 Å². The third kappa shape index (κ3) is 0.511. The van der Waals surface area contributed by atoms with Crippen LogP contribution >= 0.6 is 23.2 Å². The highest BCUT2D eigenvalue weighted by Crippen LogP contribution is 2.43. The van der Waals surface area contributed by atoms with Crippen LogP contribution in [0, 0.1) is 0 Å². The van der Waals surface area contributed by atoms with Gasteiger partial charge < -0.3 is 11.5 Å². The zero-order chi connectivity index (χ0) is 5.65. The van der Waals surface area contributed by atoms with E-state index in [1.807, 2.05) is 0 Å². The summed E-state index contributed by atoms with van der Waals surface area (Å²) in [7, 11) is 0. The SMILES string of the molecule is NC1=C(Cl)C1(N)Cl. The van der Waals surface area contributed by atoms with Crippen LogP contribution in [0.4, 0.5) is 0 Å². The van der Waals surface area contributed by atoms with E-state index in [-0.39, 0.29) is 0 Å². The molecule has 4 N–H and O–H groups in total. The monoisotopic (exact) mass is 138 g/mol. The number of hydrogen-bond acceptors (Lipinski definition) is 2. The predicted octanol–water partition coefficient (Wildman–Crippen LogP) is 0.303. The summed E-state index contributed by atoms with van der Waals surface area (Å²) in [5, 5.41) is 0.370. The zero-order valence-corrected chi connectivity index (χ0v) is 4.92. The van der Waals surface area contributed by atoms with E-state index in [4.69, 9.17) is 34.7 Å². The second-order valence-electron chi connectivity index (χ2n) is 1.44. The van der Waals surface area contributed by atoms with Crippen molar-refractivity contribution in [1.29, 1.82) is 0 Å². The standard InChI is InChI=1S/C3H4Cl2N2/c4-1-2(6)3(1,5)7/h6-7H2. The topological polar surface area (TPSA) is 52.0 Å². The Morgan fingerprint density at radius 1 is 1.57 bits per heavy atom. The lowest BCUT2D eigenvalue weighted by Gasteiger charge is -1.93. The molecule has 0 heterocycles. The van der Waals surface area contributed by atoms with Crippen molar-refractivity contribution in [3.63, 3.8) is 0 Å². The van der Waals surface area contributed by atoms with E-state index in [9.17, 15) is 0 Å². The fourth-order valence-corrected chi connectivity index (χ4v) is 0.662. The van der Waals surface area contributed by atoms with E-state index in [1.54, 1.807) is 0 Å². The molecular formula is C3H4Cl2N2. The highest BCUT2D eigenvalue weighted by Gasteiger charge is 2.46. The zero-order valence-electron chi connectivity index (χ0n) is 3.41. The molecular weight excluding hydrogens is 135 g/mol. The van der Waals surface area contributed by atoms with Crippen LogP contribution < -0.4 is 11.5 Å². The van der Waals surface area contributed by atoms with Crippen molar-refractivity contribution in [2.24, 2.45) is 11.5 Å². The lowest BCUT2D eigenvalue weighted by molar-refractivity contribution is 0.991. The Morgan fingerprint density at radius 2 is 1.71 bits per heavy atom. The van der Waals surface area contributed by atoms with Crippen LogP contribution in [0.2, 0.25) is 0 Å². The molecule has 0 aromatic carbocycles. The van der Waals surface area contributed by atoms with Gasteiger partial charge in [-0.15, -0.1) is 0 Å². The second-order valence-corrected chi connectivity index (χ2v) is 2.41. The van der Waals surface area contributed by atoms with Gasteiger partial charge in [-0.25, -0.2) is 0 Å². The maximum absolute atomic E-state index is 5.39. The number of alkyl halides is 1. The van der Waals surface area contributed by atoms with E-state index in [1.165, 1.54) is 0 Å². The Labute approximate surface area is 51.1 Å². The quantitative estimate of drug-likeness (QED) is 0.374. The summed E-state index contributed by atoms with van der Waals surface area (Å²) >= 11 is 10.7. The van der Waals surface area contributed by atoms with Crippen LogP contribution in [-0.2, 0) is 0 Å². The highest BCUT2D eigenvalue weighted by atomic mass is 35.5. The first kappa shape index (κ1) is 5.22. The van der Waals surface area contributed by atoms with E-state index < -0.39 is 5.00 Å². The lowest BCUT2D eigenvalue weighted by atomic mass is 10.6. The van der Waals surface area contributed by atoms with Gasteiger partial charge in [0.2, 0.25) is 0 Å². The van der Waals surface area contributed by atoms with Gasteiger partial charge in [-0.1, -0.05) is 23.2 Å². The minimum Gasteiger partial charge on any atom is -0.398 e. The smallest absolute Gasteiger partial charge is 0.170 e. The summed E-state index contributed by atoms with van der Waals surface area (Å²) < 4.78 is 0. The third-order valence-corrected chi connectivity index (χ3v) is 1.88. The summed E-state index contributed by atoms with van der Waals surface area (Å²) in [5.74, 6) is 0. The Hall–Kier alpha value is 0.0800. The molecule has 0 spiro atoms. The highest BCUT2D eigenvalue weighted by molar-refractivity contribution is 6.46. The molecule has 0 aromatic rings. The molecule has 40 valence electrons. The van der Waals surface area contributed by atoms with Crippen molar-refractivity contribution in [3.8, 4) is 0 Å². The van der Waals surface area contributed by atoms with Crippen molar-refractivity contribution in [2.75, 3.05) is 0 Å². The van der Waals surface area contributed by atoms with Crippen LogP contribution in [0.25, 0.3) is 0 Å². The molecule has 2 nitrogen and oxygen atoms in total. The second kappa shape index (κ2) is 1.08. The summed E-state index contributed by atoms with van der Waals surface area (Å²) in [6.07, 6.45) is 0. The van der Waals surface area contributed by atoms with Gasteiger partial charge in [-0.2, -0.15) is 0 Å². The lowest BCUT2D eigenvalue weighted by Crippen LogP contribution is -2.21. The molecule has 0 radical (unpaired) electrons. The van der Waals surface area contributed by atoms with Gasteiger partial charge in [-0.05, 0) is 0 Å². The minimum absolute atomic E-state index is 0.370. The normalized spacial score (nSPS) is 39.3. The van der Waals surface area contributed by atoms with Crippen molar-refractivity contribution < 1.29 is 0 Å². The van der Waals surface area contributed by atoms with Gasteiger partial charge in [0.1, 0.15) is 0 Å². The van der Waals surface area contributed by atoms with Crippen LogP contribution in [0.3, 0.4) is 0 Å². The molecule has 0 saturated heterocycles. The molecule has 1 atom stereocenters. The molecule has 1 aliphatic rings. The third-order valence-electron chi connectivity index (χ3n) is 0.885.